The van der Waals surface area contributed by atoms with E-state index >= 15 is 0 Å². The maximum Gasteiger partial charge on any atom is 0.208 e. The molecule has 0 atom stereocenters. The van der Waals surface area contributed by atoms with Crippen LogP contribution in [0.5, 0.6) is 0 Å². The molecule has 2 aromatic heterocycles. The molecule has 0 unspecified atom stereocenters. The minimum absolute atomic E-state index is 0.843. The maximum absolute atomic E-state index is 4.32. The fourth-order valence-corrected chi connectivity index (χ4v) is 1.39. The molecule has 80 valence electrons. The van der Waals surface area contributed by atoms with Gasteiger partial charge in [-0.1, -0.05) is 6.92 Å². The molecular formula is C10H15N5. The first-order valence-corrected chi connectivity index (χ1v) is 5.08. The molecule has 5 heteroatoms. The van der Waals surface area contributed by atoms with Gasteiger partial charge in [0.25, 0.3) is 0 Å². The van der Waals surface area contributed by atoms with E-state index in [9.17, 15) is 0 Å². The Hall–Kier alpha value is -1.78. The number of aromatic nitrogens is 4. The Balaban J connectivity index is 2.24. The van der Waals surface area contributed by atoms with E-state index in [1.165, 1.54) is 0 Å². The standard InChI is InChI=1S/C10H15N5/c1-3-5-11-10-12-6-8-15(10)9-4-7-14(2)13-9/h4,6-8H,3,5H2,1-2H3,(H,11,12). The van der Waals surface area contributed by atoms with E-state index in [2.05, 4.69) is 22.3 Å². The fourth-order valence-electron chi connectivity index (χ4n) is 1.39. The molecule has 0 fully saturated rings. The molecule has 0 saturated heterocycles. The SMILES string of the molecule is CCCNc1nccn1-c1ccn(C)n1. The number of hydrogen-bond donors (Lipinski definition) is 1. The number of imidazole rings is 1. The normalized spacial score (nSPS) is 10.5. The first-order chi connectivity index (χ1) is 7.31. The Kier molecular flexibility index (Phi) is 2.71. The van der Waals surface area contributed by atoms with Gasteiger partial charge < -0.3 is 5.32 Å². The Morgan fingerprint density at radius 1 is 1.40 bits per heavy atom. The van der Waals surface area contributed by atoms with Crippen LogP contribution in [-0.2, 0) is 7.05 Å². The summed E-state index contributed by atoms with van der Waals surface area (Å²) in [7, 11) is 1.90. The van der Waals surface area contributed by atoms with Crippen LogP contribution in [0.3, 0.4) is 0 Å². The highest BCUT2D eigenvalue weighted by Gasteiger charge is 2.05. The third kappa shape index (κ3) is 2.01. The molecule has 0 amide bonds. The van der Waals surface area contributed by atoms with E-state index in [0.29, 0.717) is 0 Å². The molecule has 2 heterocycles. The first-order valence-electron chi connectivity index (χ1n) is 5.08. The third-order valence-electron chi connectivity index (χ3n) is 2.12. The molecule has 0 saturated carbocycles. The van der Waals surface area contributed by atoms with Crippen LogP contribution < -0.4 is 5.32 Å². The van der Waals surface area contributed by atoms with Gasteiger partial charge in [-0.25, -0.2) is 4.98 Å². The van der Waals surface area contributed by atoms with Gasteiger partial charge in [0.1, 0.15) is 0 Å². The second kappa shape index (κ2) is 4.16. The molecule has 0 aliphatic rings. The molecule has 0 aromatic carbocycles. The van der Waals surface area contributed by atoms with Crippen molar-refractivity contribution in [1.29, 1.82) is 0 Å². The number of rotatable bonds is 4. The number of hydrogen-bond acceptors (Lipinski definition) is 3. The fraction of sp³-hybridized carbons (Fsp3) is 0.400. The van der Waals surface area contributed by atoms with E-state index in [1.807, 2.05) is 30.1 Å². The monoisotopic (exact) mass is 205 g/mol. The summed E-state index contributed by atoms with van der Waals surface area (Å²) in [6, 6.07) is 1.96. The van der Waals surface area contributed by atoms with Crippen LogP contribution in [0.15, 0.2) is 24.7 Å². The lowest BCUT2D eigenvalue weighted by Gasteiger charge is -2.05. The number of aryl methyl sites for hydroxylation is 1. The predicted molar refractivity (Wildman–Crippen MR) is 59.1 cm³/mol. The van der Waals surface area contributed by atoms with Crippen molar-refractivity contribution in [1.82, 2.24) is 19.3 Å². The predicted octanol–water partition coefficient (Wildman–Crippen LogP) is 1.43. The molecule has 5 nitrogen and oxygen atoms in total. The lowest BCUT2D eigenvalue weighted by atomic mass is 10.5. The van der Waals surface area contributed by atoms with Gasteiger partial charge in [-0.2, -0.15) is 5.10 Å². The zero-order valence-electron chi connectivity index (χ0n) is 9.01. The second-order valence-corrected chi connectivity index (χ2v) is 3.40. The van der Waals surface area contributed by atoms with Gasteiger partial charge in [-0.15, -0.1) is 0 Å². The number of anilines is 1. The summed E-state index contributed by atoms with van der Waals surface area (Å²) in [4.78, 5) is 4.24. The van der Waals surface area contributed by atoms with E-state index in [1.54, 1.807) is 10.9 Å². The molecular weight excluding hydrogens is 190 g/mol. The van der Waals surface area contributed by atoms with Crippen molar-refractivity contribution >= 4 is 5.95 Å². The van der Waals surface area contributed by atoms with Crippen molar-refractivity contribution in [2.24, 2.45) is 7.05 Å². The van der Waals surface area contributed by atoms with Crippen LogP contribution in [0.25, 0.3) is 5.82 Å². The van der Waals surface area contributed by atoms with E-state index in [4.69, 9.17) is 0 Å². The van der Waals surface area contributed by atoms with Gasteiger partial charge in [-0.05, 0) is 6.42 Å². The molecule has 2 rings (SSSR count). The smallest absolute Gasteiger partial charge is 0.208 e. The van der Waals surface area contributed by atoms with Crippen LogP contribution in [0.4, 0.5) is 5.95 Å². The Labute approximate surface area is 88.7 Å². The summed E-state index contributed by atoms with van der Waals surface area (Å²) in [5, 5.41) is 7.57. The Morgan fingerprint density at radius 3 is 2.93 bits per heavy atom. The number of nitrogens with zero attached hydrogens (tertiary/aromatic N) is 4. The summed E-state index contributed by atoms with van der Waals surface area (Å²) in [5.74, 6) is 1.73. The van der Waals surface area contributed by atoms with Crippen molar-refractivity contribution in [3.63, 3.8) is 0 Å². The Bertz CT molecular complexity index is 428. The number of nitrogens with one attached hydrogen (secondary N) is 1. The Morgan fingerprint density at radius 2 is 2.27 bits per heavy atom. The summed E-state index contributed by atoms with van der Waals surface area (Å²) in [6.45, 7) is 3.05. The highest BCUT2D eigenvalue weighted by atomic mass is 15.3. The van der Waals surface area contributed by atoms with E-state index in [0.717, 1.165) is 24.7 Å². The van der Waals surface area contributed by atoms with Gasteiger partial charge >= 0.3 is 0 Å². The molecule has 0 aliphatic heterocycles. The quantitative estimate of drug-likeness (QED) is 0.821. The van der Waals surface area contributed by atoms with Crippen LogP contribution in [0.2, 0.25) is 0 Å². The molecule has 1 N–H and O–H groups in total. The van der Waals surface area contributed by atoms with Crippen molar-refractivity contribution in [2.75, 3.05) is 11.9 Å². The zero-order chi connectivity index (χ0) is 10.7. The van der Waals surface area contributed by atoms with Gasteiger partial charge in [0.15, 0.2) is 5.82 Å². The van der Waals surface area contributed by atoms with Crippen LogP contribution in [0.1, 0.15) is 13.3 Å². The van der Waals surface area contributed by atoms with Gasteiger partial charge in [0.05, 0.1) is 0 Å². The first kappa shape index (κ1) is 9.76. The van der Waals surface area contributed by atoms with Crippen molar-refractivity contribution in [3.05, 3.63) is 24.7 Å². The third-order valence-corrected chi connectivity index (χ3v) is 2.12. The molecule has 0 spiro atoms. The van der Waals surface area contributed by atoms with Crippen molar-refractivity contribution in [3.8, 4) is 5.82 Å². The van der Waals surface area contributed by atoms with Crippen LogP contribution >= 0.6 is 0 Å². The molecule has 2 aromatic rings. The van der Waals surface area contributed by atoms with Crippen molar-refractivity contribution < 1.29 is 0 Å². The lowest BCUT2D eigenvalue weighted by molar-refractivity contribution is 0.751. The molecule has 0 aliphatic carbocycles. The summed E-state index contributed by atoms with van der Waals surface area (Å²) < 4.78 is 3.72. The topological polar surface area (TPSA) is 47.7 Å². The average molecular weight is 205 g/mol. The van der Waals surface area contributed by atoms with Crippen LogP contribution in [0, 0.1) is 0 Å². The molecule has 0 bridgehead atoms. The zero-order valence-corrected chi connectivity index (χ0v) is 9.01. The van der Waals surface area contributed by atoms with Crippen molar-refractivity contribution in [2.45, 2.75) is 13.3 Å². The average Bonchev–Trinajstić information content (AvgIpc) is 2.82. The molecule has 0 radical (unpaired) electrons. The molecule has 15 heavy (non-hydrogen) atoms. The second-order valence-electron chi connectivity index (χ2n) is 3.40. The van der Waals surface area contributed by atoms with Gasteiger partial charge in [0.2, 0.25) is 5.95 Å². The van der Waals surface area contributed by atoms with E-state index in [-0.39, 0.29) is 0 Å². The summed E-state index contributed by atoms with van der Waals surface area (Å²) in [6.07, 6.45) is 6.67. The van der Waals surface area contributed by atoms with Gasteiger partial charge in [0, 0.05) is 38.2 Å². The van der Waals surface area contributed by atoms with Crippen LogP contribution in [-0.4, -0.2) is 25.9 Å². The maximum atomic E-state index is 4.32. The van der Waals surface area contributed by atoms with E-state index < -0.39 is 0 Å². The minimum Gasteiger partial charge on any atom is -0.355 e. The highest BCUT2D eigenvalue weighted by Crippen LogP contribution is 2.11. The van der Waals surface area contributed by atoms with Gasteiger partial charge in [-0.3, -0.25) is 9.25 Å². The largest absolute Gasteiger partial charge is 0.355 e. The summed E-state index contributed by atoms with van der Waals surface area (Å²) in [5.41, 5.74) is 0. The minimum atomic E-state index is 0.843. The lowest BCUT2D eigenvalue weighted by Crippen LogP contribution is -2.07. The summed E-state index contributed by atoms with van der Waals surface area (Å²) >= 11 is 0. The highest BCUT2D eigenvalue weighted by molar-refractivity contribution is 5.36.